The van der Waals surface area contributed by atoms with E-state index in [2.05, 4.69) is 31.1 Å². The third kappa shape index (κ3) is 4.46. The maximum absolute atomic E-state index is 3.75. The topological polar surface area (TPSA) is 15.3 Å². The van der Waals surface area contributed by atoms with Gasteiger partial charge in [-0.15, -0.1) is 0 Å². The Hall–Kier alpha value is -0.0800. The lowest BCUT2D eigenvalue weighted by atomic mass is 9.82. The predicted molar refractivity (Wildman–Crippen MR) is 88.1 cm³/mol. The molecular weight excluding hydrogens is 244 g/mol. The van der Waals surface area contributed by atoms with Crippen molar-refractivity contribution in [2.45, 2.75) is 96.2 Å². The van der Waals surface area contributed by atoms with Crippen LogP contribution >= 0.6 is 0 Å². The summed E-state index contributed by atoms with van der Waals surface area (Å²) in [5.41, 5.74) is 0. The molecule has 2 saturated carbocycles. The molecule has 0 bridgehead atoms. The van der Waals surface area contributed by atoms with Crippen molar-refractivity contribution in [3.63, 3.8) is 0 Å². The van der Waals surface area contributed by atoms with E-state index in [1.165, 1.54) is 70.8 Å². The van der Waals surface area contributed by atoms with E-state index in [1.807, 2.05) is 0 Å². The summed E-state index contributed by atoms with van der Waals surface area (Å²) in [4.78, 5) is 2.76. The molecule has 0 aromatic rings. The second kappa shape index (κ2) is 8.38. The van der Waals surface area contributed by atoms with E-state index < -0.39 is 0 Å². The van der Waals surface area contributed by atoms with Crippen LogP contribution in [0.2, 0.25) is 0 Å². The minimum atomic E-state index is 0.781. The van der Waals surface area contributed by atoms with Gasteiger partial charge in [0.05, 0.1) is 0 Å². The molecule has 0 aromatic carbocycles. The second-order valence-corrected chi connectivity index (χ2v) is 7.22. The summed E-state index contributed by atoms with van der Waals surface area (Å²) in [5.74, 6) is 1.02. The number of nitrogens with zero attached hydrogens (tertiary/aromatic N) is 1. The summed E-state index contributed by atoms with van der Waals surface area (Å²) >= 11 is 0. The number of hydrogen-bond acceptors (Lipinski definition) is 2. The summed E-state index contributed by atoms with van der Waals surface area (Å²) in [5, 5.41) is 3.75. The molecule has 20 heavy (non-hydrogen) atoms. The number of rotatable bonds is 6. The standard InChI is InChI=1S/C18H36N2/c1-4-13-19-16-7-6-8-18(14-16)20(3)17-11-9-15(5-2)10-12-17/h15-19H,4-14H2,1-3H3. The van der Waals surface area contributed by atoms with Crippen LogP contribution < -0.4 is 5.32 Å². The molecule has 2 aliphatic rings. The zero-order valence-corrected chi connectivity index (χ0v) is 14.0. The molecule has 2 heteroatoms. The third-order valence-corrected chi connectivity index (χ3v) is 5.88. The van der Waals surface area contributed by atoms with Gasteiger partial charge in [0.15, 0.2) is 0 Å². The summed E-state index contributed by atoms with van der Waals surface area (Å²) in [7, 11) is 2.41. The number of nitrogens with one attached hydrogen (secondary N) is 1. The molecule has 0 heterocycles. The van der Waals surface area contributed by atoms with Gasteiger partial charge in [0.25, 0.3) is 0 Å². The average molecular weight is 280 g/mol. The molecule has 2 fully saturated rings. The zero-order chi connectivity index (χ0) is 14.4. The van der Waals surface area contributed by atoms with Crippen molar-refractivity contribution < 1.29 is 0 Å². The van der Waals surface area contributed by atoms with Crippen LogP contribution in [-0.2, 0) is 0 Å². The Morgan fingerprint density at radius 3 is 2.35 bits per heavy atom. The van der Waals surface area contributed by atoms with Crippen LogP contribution in [-0.4, -0.2) is 36.6 Å². The van der Waals surface area contributed by atoms with Gasteiger partial charge in [-0.2, -0.15) is 0 Å². The molecule has 0 spiro atoms. The first-order valence-corrected chi connectivity index (χ1v) is 9.19. The van der Waals surface area contributed by atoms with Crippen molar-refractivity contribution >= 4 is 0 Å². The van der Waals surface area contributed by atoms with Crippen LogP contribution in [0.15, 0.2) is 0 Å². The van der Waals surface area contributed by atoms with E-state index in [4.69, 9.17) is 0 Å². The molecule has 0 aromatic heterocycles. The van der Waals surface area contributed by atoms with Crippen molar-refractivity contribution in [1.82, 2.24) is 10.2 Å². The molecule has 2 nitrogen and oxygen atoms in total. The smallest absolute Gasteiger partial charge is 0.0110 e. The zero-order valence-electron chi connectivity index (χ0n) is 14.0. The predicted octanol–water partition coefficient (Wildman–Crippen LogP) is 4.20. The molecular formula is C18H36N2. The molecule has 2 atom stereocenters. The van der Waals surface area contributed by atoms with Gasteiger partial charge in [-0.25, -0.2) is 0 Å². The largest absolute Gasteiger partial charge is 0.314 e. The van der Waals surface area contributed by atoms with Gasteiger partial charge < -0.3 is 10.2 Å². The van der Waals surface area contributed by atoms with Crippen molar-refractivity contribution in [2.24, 2.45) is 5.92 Å². The summed E-state index contributed by atoms with van der Waals surface area (Å²) in [6.45, 7) is 5.83. The Morgan fingerprint density at radius 2 is 1.70 bits per heavy atom. The van der Waals surface area contributed by atoms with Gasteiger partial charge in [-0.1, -0.05) is 26.7 Å². The normalized spacial score (nSPS) is 35.4. The highest BCUT2D eigenvalue weighted by Crippen LogP contribution is 2.32. The quantitative estimate of drug-likeness (QED) is 0.784. The molecule has 1 N–H and O–H groups in total. The van der Waals surface area contributed by atoms with Gasteiger partial charge in [0, 0.05) is 18.1 Å². The lowest BCUT2D eigenvalue weighted by molar-refractivity contribution is 0.0880. The Morgan fingerprint density at radius 1 is 0.950 bits per heavy atom. The van der Waals surface area contributed by atoms with Crippen LogP contribution in [0.4, 0.5) is 0 Å². The first-order chi connectivity index (χ1) is 9.74. The van der Waals surface area contributed by atoms with Gasteiger partial charge >= 0.3 is 0 Å². The monoisotopic (exact) mass is 280 g/mol. The van der Waals surface area contributed by atoms with E-state index in [1.54, 1.807) is 0 Å². The van der Waals surface area contributed by atoms with Crippen molar-refractivity contribution in [3.05, 3.63) is 0 Å². The Kier molecular flexibility index (Phi) is 6.83. The Labute approximate surface area is 126 Å². The molecule has 2 aliphatic carbocycles. The SMILES string of the molecule is CCCNC1CCCC(N(C)C2CCC(CC)CC2)C1. The van der Waals surface area contributed by atoms with E-state index in [-0.39, 0.29) is 0 Å². The minimum absolute atomic E-state index is 0.781. The molecule has 2 unspecified atom stereocenters. The van der Waals surface area contributed by atoms with E-state index in [0.717, 1.165) is 24.0 Å². The lowest BCUT2D eigenvalue weighted by Crippen LogP contribution is -2.47. The molecule has 0 saturated heterocycles. The van der Waals surface area contributed by atoms with Crippen LogP contribution in [0.3, 0.4) is 0 Å². The maximum Gasteiger partial charge on any atom is 0.0110 e. The van der Waals surface area contributed by atoms with Gasteiger partial charge in [-0.05, 0) is 70.9 Å². The van der Waals surface area contributed by atoms with Crippen LogP contribution in [0, 0.1) is 5.92 Å². The Balaban J connectivity index is 1.78. The highest BCUT2D eigenvalue weighted by atomic mass is 15.2. The average Bonchev–Trinajstić information content (AvgIpc) is 2.52. The highest BCUT2D eigenvalue weighted by Gasteiger charge is 2.30. The van der Waals surface area contributed by atoms with Crippen molar-refractivity contribution in [2.75, 3.05) is 13.6 Å². The van der Waals surface area contributed by atoms with Crippen molar-refractivity contribution in [1.29, 1.82) is 0 Å². The van der Waals surface area contributed by atoms with Crippen molar-refractivity contribution in [3.8, 4) is 0 Å². The first-order valence-electron chi connectivity index (χ1n) is 9.19. The second-order valence-electron chi connectivity index (χ2n) is 7.22. The first kappa shape index (κ1) is 16.3. The minimum Gasteiger partial charge on any atom is -0.314 e. The van der Waals surface area contributed by atoms with Crippen LogP contribution in [0.25, 0.3) is 0 Å². The van der Waals surface area contributed by atoms with Gasteiger partial charge in [0.2, 0.25) is 0 Å². The third-order valence-electron chi connectivity index (χ3n) is 5.88. The molecule has 0 aliphatic heterocycles. The molecule has 2 rings (SSSR count). The number of hydrogen-bond donors (Lipinski definition) is 1. The fourth-order valence-electron chi connectivity index (χ4n) is 4.33. The van der Waals surface area contributed by atoms with E-state index >= 15 is 0 Å². The molecule has 0 radical (unpaired) electrons. The van der Waals surface area contributed by atoms with Crippen LogP contribution in [0.1, 0.15) is 78.1 Å². The van der Waals surface area contributed by atoms with E-state index in [9.17, 15) is 0 Å². The molecule has 118 valence electrons. The fraction of sp³-hybridized carbons (Fsp3) is 1.00. The maximum atomic E-state index is 3.75. The highest BCUT2D eigenvalue weighted by molar-refractivity contribution is 4.87. The summed E-state index contributed by atoms with van der Waals surface area (Å²) in [6.07, 6.45) is 14.1. The Bertz CT molecular complexity index is 258. The summed E-state index contributed by atoms with van der Waals surface area (Å²) < 4.78 is 0. The van der Waals surface area contributed by atoms with Crippen LogP contribution in [0.5, 0.6) is 0 Å². The lowest BCUT2D eigenvalue weighted by Gasteiger charge is -2.42. The summed E-state index contributed by atoms with van der Waals surface area (Å²) in [6, 6.07) is 2.48. The molecule has 0 amide bonds. The van der Waals surface area contributed by atoms with E-state index in [0.29, 0.717) is 0 Å². The van der Waals surface area contributed by atoms with Gasteiger partial charge in [-0.3, -0.25) is 0 Å². The fourth-order valence-corrected chi connectivity index (χ4v) is 4.33. The van der Waals surface area contributed by atoms with Gasteiger partial charge in [0.1, 0.15) is 0 Å².